The molecule has 184 valence electrons. The summed E-state index contributed by atoms with van der Waals surface area (Å²) < 4.78 is 15.0. The second kappa shape index (κ2) is 9.13. The first-order valence-corrected chi connectivity index (χ1v) is 12.6. The Balaban J connectivity index is 1.29. The highest BCUT2D eigenvalue weighted by Crippen LogP contribution is 2.54. The number of hydrogen-bond acceptors (Lipinski definition) is 5. The molecule has 0 radical (unpaired) electrons. The van der Waals surface area contributed by atoms with Crippen molar-refractivity contribution in [3.05, 3.63) is 40.3 Å². The van der Waals surface area contributed by atoms with E-state index in [0.717, 1.165) is 45.3 Å². The highest BCUT2D eigenvalue weighted by atomic mass is 35.5. The number of carbonyl (C=O) groups excluding carboxylic acids is 1. The smallest absolute Gasteiger partial charge is 0.261 e. The Morgan fingerprint density at radius 2 is 1.94 bits per heavy atom. The summed E-state index contributed by atoms with van der Waals surface area (Å²) >= 11 is 5.86. The Bertz CT molecular complexity index is 1070. The predicted molar refractivity (Wildman–Crippen MR) is 130 cm³/mol. The number of fused-ring (bicyclic) bond motifs is 1. The number of likely N-dealkylation sites (tertiary alicyclic amines) is 1. The fourth-order valence-corrected chi connectivity index (χ4v) is 6.68. The van der Waals surface area contributed by atoms with E-state index in [2.05, 4.69) is 15.3 Å². The van der Waals surface area contributed by atoms with Crippen molar-refractivity contribution < 1.29 is 14.3 Å². The number of nitrogens with one attached hydrogen (secondary N) is 1. The molecule has 3 fully saturated rings. The zero-order valence-corrected chi connectivity index (χ0v) is 20.3. The molecule has 1 saturated heterocycles. The summed E-state index contributed by atoms with van der Waals surface area (Å²) in [5.74, 6) is 0.362. The Labute approximate surface area is 204 Å². The van der Waals surface area contributed by atoms with Gasteiger partial charge in [0.25, 0.3) is 5.91 Å². The van der Waals surface area contributed by atoms with Gasteiger partial charge < -0.3 is 21.1 Å². The van der Waals surface area contributed by atoms with E-state index in [1.54, 1.807) is 11.7 Å². The maximum absolute atomic E-state index is 13.5. The van der Waals surface area contributed by atoms with Crippen LogP contribution in [0.25, 0.3) is 0 Å². The van der Waals surface area contributed by atoms with Crippen LogP contribution in [0.15, 0.2) is 18.2 Å². The van der Waals surface area contributed by atoms with E-state index in [9.17, 15) is 14.3 Å². The number of carbonyl (C=O) groups is 1. The van der Waals surface area contributed by atoms with Crippen molar-refractivity contribution in [2.24, 2.45) is 18.9 Å². The van der Waals surface area contributed by atoms with Gasteiger partial charge in [-0.1, -0.05) is 18.0 Å². The number of nitrogen functional groups attached to an aromatic ring is 1. The molecule has 1 aromatic carbocycles. The van der Waals surface area contributed by atoms with Gasteiger partial charge in [-0.05, 0) is 81.6 Å². The van der Waals surface area contributed by atoms with Gasteiger partial charge in [0.1, 0.15) is 17.2 Å². The molecule has 2 aromatic rings. The zero-order chi connectivity index (χ0) is 24.0. The first kappa shape index (κ1) is 23.6. The molecule has 7 nitrogen and oxygen atoms in total. The minimum absolute atomic E-state index is 0.0576. The normalized spacial score (nSPS) is 29.4. The Kier molecular flexibility index (Phi) is 6.33. The van der Waals surface area contributed by atoms with E-state index >= 15 is 0 Å². The van der Waals surface area contributed by atoms with Gasteiger partial charge >= 0.3 is 0 Å². The predicted octanol–water partition coefficient (Wildman–Crippen LogP) is 4.17. The number of nitrogens with zero attached hydrogens (tertiary/aromatic N) is 3. The number of hydrogen-bond donors (Lipinski definition) is 3. The molecule has 1 aromatic heterocycles. The van der Waals surface area contributed by atoms with Gasteiger partial charge in [0.15, 0.2) is 0 Å². The molecule has 2 heterocycles. The van der Waals surface area contributed by atoms with Crippen LogP contribution in [0.2, 0.25) is 5.02 Å². The number of halogens is 2. The third-order valence-electron chi connectivity index (χ3n) is 8.00. The largest absolute Gasteiger partial charge is 0.389 e. The van der Waals surface area contributed by atoms with Crippen LogP contribution < -0.4 is 11.1 Å². The molecule has 0 spiro atoms. The summed E-state index contributed by atoms with van der Waals surface area (Å²) in [6.07, 6.45) is 7.14. The maximum atomic E-state index is 13.5. The van der Waals surface area contributed by atoms with E-state index in [-0.39, 0.29) is 16.8 Å². The Morgan fingerprint density at radius 3 is 2.59 bits per heavy atom. The number of nitrogens with two attached hydrogens (primary N) is 1. The van der Waals surface area contributed by atoms with Gasteiger partial charge in [-0.25, -0.2) is 4.39 Å². The van der Waals surface area contributed by atoms with Crippen molar-refractivity contribution in [3.63, 3.8) is 0 Å². The molecule has 34 heavy (non-hydrogen) atoms. The number of piperidine rings is 1. The topological polar surface area (TPSA) is 96.4 Å². The van der Waals surface area contributed by atoms with Crippen molar-refractivity contribution in [3.8, 4) is 0 Å². The first-order chi connectivity index (χ1) is 16.2. The lowest BCUT2D eigenvalue weighted by atomic mass is 9.91. The molecule has 2 saturated carbocycles. The molecular weight excluding hydrogens is 457 g/mol. The molecule has 5 rings (SSSR count). The molecule has 4 atom stereocenters. The van der Waals surface area contributed by atoms with Crippen molar-refractivity contribution in [1.29, 1.82) is 0 Å². The fraction of sp³-hybridized carbons (Fsp3) is 0.600. The molecule has 0 bridgehead atoms. The average molecular weight is 490 g/mol. The molecule has 1 amide bonds. The summed E-state index contributed by atoms with van der Waals surface area (Å²) in [4.78, 5) is 15.6. The van der Waals surface area contributed by atoms with E-state index in [0.29, 0.717) is 34.6 Å². The second-order valence-corrected chi connectivity index (χ2v) is 10.9. The van der Waals surface area contributed by atoms with Crippen molar-refractivity contribution in [2.75, 3.05) is 30.7 Å². The van der Waals surface area contributed by atoms with E-state index in [1.807, 2.05) is 0 Å². The van der Waals surface area contributed by atoms with Crippen LogP contribution in [0.4, 0.5) is 15.9 Å². The molecule has 4 N–H and O–H groups in total. The number of aliphatic hydroxyl groups is 1. The maximum Gasteiger partial charge on any atom is 0.261 e. The minimum atomic E-state index is -0.608. The van der Waals surface area contributed by atoms with Gasteiger partial charge in [-0.2, -0.15) is 5.10 Å². The molecule has 9 heteroatoms. The van der Waals surface area contributed by atoms with Crippen LogP contribution in [0.5, 0.6) is 0 Å². The number of anilines is 2. The number of rotatable bonds is 5. The third-order valence-corrected chi connectivity index (χ3v) is 8.29. The van der Waals surface area contributed by atoms with Crippen LogP contribution >= 0.6 is 11.6 Å². The van der Waals surface area contributed by atoms with E-state index < -0.39 is 11.4 Å². The second-order valence-electron chi connectivity index (χ2n) is 10.5. The van der Waals surface area contributed by atoms with E-state index in [4.69, 9.17) is 17.3 Å². The Morgan fingerprint density at radius 1 is 1.26 bits per heavy atom. The third kappa shape index (κ3) is 4.55. The lowest BCUT2D eigenvalue weighted by Gasteiger charge is -2.34. The van der Waals surface area contributed by atoms with Gasteiger partial charge in [-0.3, -0.25) is 9.48 Å². The van der Waals surface area contributed by atoms with Crippen LogP contribution in [-0.4, -0.2) is 50.9 Å². The Hall–Kier alpha value is -2.16. The summed E-state index contributed by atoms with van der Waals surface area (Å²) in [6.45, 7) is 2.95. The summed E-state index contributed by atoms with van der Waals surface area (Å²) in [7, 11) is 1.73. The first-order valence-electron chi connectivity index (χ1n) is 12.3. The van der Waals surface area contributed by atoms with Crippen LogP contribution in [-0.2, 0) is 7.05 Å². The number of benzene rings is 1. The van der Waals surface area contributed by atoms with E-state index in [1.165, 1.54) is 37.5 Å². The highest BCUT2D eigenvalue weighted by molar-refractivity contribution is 6.31. The van der Waals surface area contributed by atoms with Crippen LogP contribution in [0.1, 0.15) is 66.9 Å². The lowest BCUT2D eigenvalue weighted by molar-refractivity contribution is -0.00274. The summed E-state index contributed by atoms with van der Waals surface area (Å²) in [5, 5.41) is 18.7. The molecule has 2 aliphatic carbocycles. The standard InChI is InChI=1S/C25H33ClFN5O2/c1-31-23(28)21(24(33)29-18-5-6-20(27)19(26)11-18)22(30-31)15-9-16-12-25(34,13-17(16)10-15)14-32-7-3-2-4-8-32/h5-6,11,15-17,34H,2-4,7-10,12-14,28H2,1H3,(H,29,33)/t15?,16-,17?,25?/m1/s1. The van der Waals surface area contributed by atoms with Gasteiger partial charge in [-0.15, -0.1) is 0 Å². The highest BCUT2D eigenvalue weighted by Gasteiger charge is 2.50. The minimum Gasteiger partial charge on any atom is -0.389 e. The number of aromatic nitrogens is 2. The summed E-state index contributed by atoms with van der Waals surface area (Å²) in [6, 6.07) is 4.06. The SMILES string of the molecule is Cn1nc(C2CC3CC(O)(CN4CCCCC4)C[C@H]3C2)c(C(=O)Nc2ccc(F)c(Cl)c2)c1N. The molecule has 3 aliphatic rings. The van der Waals surface area contributed by atoms with Crippen LogP contribution in [0, 0.1) is 17.7 Å². The molecular formula is C25H33ClFN5O2. The number of β-amino-alcohol motifs (C(OH)–C–C–N with tert-alkyl or cyclic N) is 1. The molecule has 1 aliphatic heterocycles. The monoisotopic (exact) mass is 489 g/mol. The molecule has 3 unspecified atom stereocenters. The number of amides is 1. The van der Waals surface area contributed by atoms with Crippen LogP contribution in [0.3, 0.4) is 0 Å². The lowest BCUT2D eigenvalue weighted by Crippen LogP contribution is -2.44. The van der Waals surface area contributed by atoms with Crippen molar-refractivity contribution in [2.45, 2.75) is 56.5 Å². The van der Waals surface area contributed by atoms with Gasteiger partial charge in [0.05, 0.1) is 16.3 Å². The van der Waals surface area contributed by atoms with Gasteiger partial charge in [0, 0.05) is 25.2 Å². The zero-order valence-electron chi connectivity index (χ0n) is 19.6. The average Bonchev–Trinajstić information content (AvgIpc) is 3.40. The van der Waals surface area contributed by atoms with Crippen molar-refractivity contribution >= 4 is 29.0 Å². The quantitative estimate of drug-likeness (QED) is 0.585. The fourth-order valence-electron chi connectivity index (χ4n) is 6.50. The van der Waals surface area contributed by atoms with Gasteiger partial charge in [0.2, 0.25) is 0 Å². The summed E-state index contributed by atoms with van der Waals surface area (Å²) in [5.41, 5.74) is 7.12. The number of aryl methyl sites for hydroxylation is 1. The van der Waals surface area contributed by atoms with Crippen molar-refractivity contribution in [1.82, 2.24) is 14.7 Å².